The smallest absolute Gasteiger partial charge is 0.307 e. The van der Waals surface area contributed by atoms with Crippen LogP contribution in [0.1, 0.15) is 28.7 Å². The number of anilines is 1. The van der Waals surface area contributed by atoms with E-state index in [2.05, 4.69) is 10.3 Å². The van der Waals surface area contributed by atoms with Gasteiger partial charge in [-0.05, 0) is 36.8 Å². The second kappa shape index (κ2) is 10.3. The topological polar surface area (TPSA) is 77.5 Å². The molecule has 0 bridgehead atoms. The quantitative estimate of drug-likeness (QED) is 0.353. The van der Waals surface area contributed by atoms with Crippen molar-refractivity contribution in [3.8, 4) is 5.75 Å². The SMILES string of the molecule is COc1ccc(C)cc1NC(=O)[C@H](OC(=O)CCc1nc2ccccc2s1)c1ccccc1. The second-order valence-corrected chi connectivity index (χ2v) is 8.66. The minimum Gasteiger partial charge on any atom is -0.495 e. The average molecular weight is 461 g/mol. The Balaban J connectivity index is 1.48. The predicted octanol–water partition coefficient (Wildman–Crippen LogP) is 5.47. The number of nitrogens with zero attached hydrogens (tertiary/aromatic N) is 1. The van der Waals surface area contributed by atoms with E-state index in [-0.39, 0.29) is 6.42 Å². The van der Waals surface area contributed by atoms with E-state index in [1.54, 1.807) is 41.7 Å². The molecule has 0 aliphatic rings. The van der Waals surface area contributed by atoms with E-state index in [1.807, 2.05) is 49.4 Å². The van der Waals surface area contributed by atoms with E-state index in [0.717, 1.165) is 20.8 Å². The zero-order valence-corrected chi connectivity index (χ0v) is 19.2. The van der Waals surface area contributed by atoms with Gasteiger partial charge in [0.05, 0.1) is 34.4 Å². The van der Waals surface area contributed by atoms with Gasteiger partial charge < -0.3 is 14.8 Å². The number of rotatable bonds is 8. The number of ether oxygens (including phenoxy) is 2. The molecule has 1 N–H and O–H groups in total. The van der Waals surface area contributed by atoms with Crippen LogP contribution in [0.25, 0.3) is 10.2 Å². The molecule has 7 heteroatoms. The fourth-order valence-corrected chi connectivity index (χ4v) is 4.41. The number of aryl methyl sites for hydroxylation is 2. The molecule has 4 rings (SSSR count). The van der Waals surface area contributed by atoms with Crippen molar-refractivity contribution in [1.82, 2.24) is 4.98 Å². The molecule has 1 heterocycles. The first-order valence-corrected chi connectivity index (χ1v) is 11.4. The van der Waals surface area contributed by atoms with Crippen molar-refractivity contribution in [3.63, 3.8) is 0 Å². The van der Waals surface area contributed by atoms with E-state index >= 15 is 0 Å². The Morgan fingerprint density at radius 2 is 1.79 bits per heavy atom. The summed E-state index contributed by atoms with van der Waals surface area (Å²) in [6.45, 7) is 1.92. The van der Waals surface area contributed by atoms with Crippen LogP contribution in [-0.2, 0) is 20.7 Å². The third kappa shape index (κ3) is 5.56. The summed E-state index contributed by atoms with van der Waals surface area (Å²) in [5.41, 5.74) is 3.00. The van der Waals surface area contributed by atoms with Crippen molar-refractivity contribution in [2.75, 3.05) is 12.4 Å². The first-order valence-electron chi connectivity index (χ1n) is 10.6. The first kappa shape index (κ1) is 22.5. The number of para-hydroxylation sites is 1. The van der Waals surface area contributed by atoms with Gasteiger partial charge in [-0.1, -0.05) is 48.5 Å². The van der Waals surface area contributed by atoms with Crippen LogP contribution >= 0.6 is 11.3 Å². The molecule has 0 saturated carbocycles. The van der Waals surface area contributed by atoms with Crippen molar-refractivity contribution >= 4 is 39.1 Å². The van der Waals surface area contributed by atoms with Gasteiger partial charge in [-0.25, -0.2) is 4.98 Å². The fraction of sp³-hybridized carbons (Fsp3) is 0.192. The van der Waals surface area contributed by atoms with Crippen molar-refractivity contribution in [2.45, 2.75) is 25.9 Å². The van der Waals surface area contributed by atoms with Crippen molar-refractivity contribution in [1.29, 1.82) is 0 Å². The second-order valence-electron chi connectivity index (χ2n) is 7.55. The maximum atomic E-state index is 13.2. The maximum Gasteiger partial charge on any atom is 0.307 e. The summed E-state index contributed by atoms with van der Waals surface area (Å²) >= 11 is 1.56. The summed E-state index contributed by atoms with van der Waals surface area (Å²) in [5.74, 6) is -0.379. The molecule has 1 aromatic heterocycles. The third-order valence-electron chi connectivity index (χ3n) is 5.08. The summed E-state index contributed by atoms with van der Waals surface area (Å²) in [6.07, 6.45) is -0.503. The molecule has 1 atom stereocenters. The number of esters is 1. The molecule has 168 valence electrons. The number of aromatic nitrogens is 1. The number of carbonyl (C=O) groups excluding carboxylic acids is 2. The summed E-state index contributed by atoms with van der Waals surface area (Å²) in [4.78, 5) is 30.4. The Hall–Kier alpha value is -3.71. The maximum absolute atomic E-state index is 13.2. The number of nitrogens with one attached hydrogen (secondary N) is 1. The van der Waals surface area contributed by atoms with E-state index in [0.29, 0.717) is 23.4 Å². The third-order valence-corrected chi connectivity index (χ3v) is 6.18. The van der Waals surface area contributed by atoms with E-state index in [4.69, 9.17) is 9.47 Å². The van der Waals surface area contributed by atoms with Gasteiger partial charge in [0.15, 0.2) is 0 Å². The van der Waals surface area contributed by atoms with E-state index < -0.39 is 18.0 Å². The highest BCUT2D eigenvalue weighted by molar-refractivity contribution is 7.18. The molecule has 6 nitrogen and oxygen atoms in total. The van der Waals surface area contributed by atoms with Gasteiger partial charge in [-0.15, -0.1) is 11.3 Å². The van der Waals surface area contributed by atoms with Crippen molar-refractivity contribution in [3.05, 3.63) is 88.9 Å². The van der Waals surface area contributed by atoms with Crippen molar-refractivity contribution in [2.24, 2.45) is 0 Å². The number of fused-ring (bicyclic) bond motifs is 1. The number of hydrogen-bond donors (Lipinski definition) is 1. The number of carbonyl (C=O) groups is 2. The lowest BCUT2D eigenvalue weighted by atomic mass is 10.1. The van der Waals surface area contributed by atoms with Crippen molar-refractivity contribution < 1.29 is 19.1 Å². The molecule has 4 aromatic rings. The zero-order valence-electron chi connectivity index (χ0n) is 18.4. The number of thiazole rings is 1. The highest BCUT2D eigenvalue weighted by Gasteiger charge is 2.26. The number of hydrogen-bond acceptors (Lipinski definition) is 6. The summed E-state index contributed by atoms with van der Waals surface area (Å²) in [7, 11) is 1.54. The molecule has 0 aliphatic carbocycles. The molecule has 0 fully saturated rings. The molecule has 0 saturated heterocycles. The van der Waals surface area contributed by atoms with Crippen LogP contribution in [0.5, 0.6) is 5.75 Å². The molecular formula is C26H24N2O4S. The fourth-order valence-electron chi connectivity index (χ4n) is 3.44. The zero-order chi connectivity index (χ0) is 23.2. The van der Waals surface area contributed by atoms with Gasteiger partial charge >= 0.3 is 5.97 Å². The number of amides is 1. The highest BCUT2D eigenvalue weighted by atomic mass is 32.1. The molecule has 33 heavy (non-hydrogen) atoms. The largest absolute Gasteiger partial charge is 0.495 e. The monoisotopic (exact) mass is 460 g/mol. The summed E-state index contributed by atoms with van der Waals surface area (Å²) in [5, 5.41) is 3.71. The molecule has 1 amide bonds. The molecule has 0 radical (unpaired) electrons. The van der Waals surface area contributed by atoms with E-state index in [1.165, 1.54) is 7.11 Å². The number of benzene rings is 3. The lowest BCUT2D eigenvalue weighted by molar-refractivity contribution is -0.154. The van der Waals surface area contributed by atoms with Crippen LogP contribution in [0.15, 0.2) is 72.8 Å². The molecule has 0 aliphatic heterocycles. The van der Waals surface area contributed by atoms with Crippen LogP contribution in [0.2, 0.25) is 0 Å². The molecule has 3 aromatic carbocycles. The van der Waals surface area contributed by atoms with Crippen LogP contribution in [-0.4, -0.2) is 24.0 Å². The molecule has 0 unspecified atom stereocenters. The van der Waals surface area contributed by atoms with Gasteiger partial charge in [0, 0.05) is 12.0 Å². The normalized spacial score (nSPS) is 11.7. The Morgan fingerprint density at radius 1 is 1.03 bits per heavy atom. The first-order chi connectivity index (χ1) is 16.0. The summed E-state index contributed by atoms with van der Waals surface area (Å²) in [6, 6.07) is 22.3. The van der Waals surface area contributed by atoms with Gasteiger partial charge in [0.1, 0.15) is 5.75 Å². The average Bonchev–Trinajstić information content (AvgIpc) is 3.25. The summed E-state index contributed by atoms with van der Waals surface area (Å²) < 4.78 is 12.1. The van der Waals surface area contributed by atoms with Crippen LogP contribution < -0.4 is 10.1 Å². The van der Waals surface area contributed by atoms with Crippen LogP contribution in [0, 0.1) is 6.92 Å². The molecule has 0 spiro atoms. The lowest BCUT2D eigenvalue weighted by Crippen LogP contribution is -2.26. The van der Waals surface area contributed by atoms with Gasteiger partial charge in [-0.2, -0.15) is 0 Å². The Labute approximate surface area is 196 Å². The van der Waals surface area contributed by atoms with Crippen LogP contribution in [0.3, 0.4) is 0 Å². The Bertz CT molecular complexity index is 1240. The van der Waals surface area contributed by atoms with Crippen LogP contribution in [0.4, 0.5) is 5.69 Å². The van der Waals surface area contributed by atoms with Gasteiger partial charge in [-0.3, -0.25) is 9.59 Å². The predicted molar refractivity (Wildman–Crippen MR) is 130 cm³/mol. The Kier molecular flexibility index (Phi) is 7.00. The Morgan fingerprint density at radius 3 is 2.55 bits per heavy atom. The molecular weight excluding hydrogens is 436 g/mol. The minimum atomic E-state index is -1.08. The lowest BCUT2D eigenvalue weighted by Gasteiger charge is -2.19. The van der Waals surface area contributed by atoms with E-state index in [9.17, 15) is 9.59 Å². The highest BCUT2D eigenvalue weighted by Crippen LogP contribution is 2.28. The van der Waals surface area contributed by atoms with Gasteiger partial charge in [0.25, 0.3) is 5.91 Å². The van der Waals surface area contributed by atoms with Gasteiger partial charge in [0.2, 0.25) is 6.10 Å². The number of methoxy groups -OCH3 is 1. The minimum absolute atomic E-state index is 0.129. The standard InChI is InChI=1S/C26H24N2O4S/c1-17-12-13-21(31-2)20(16-17)28-26(30)25(18-8-4-3-5-9-18)32-24(29)15-14-23-27-19-10-6-7-11-22(19)33-23/h3-13,16,25H,14-15H2,1-2H3,(H,28,30)/t25-/m1/s1.